The molecular formula is C14H12BrClINO. The zero-order valence-corrected chi connectivity index (χ0v) is 14.7. The topological polar surface area (TPSA) is 35.2 Å². The molecular weight excluding hydrogens is 440 g/mol. The molecule has 0 aliphatic rings. The van der Waals surface area contributed by atoms with Crippen LogP contribution in [0.5, 0.6) is 5.75 Å². The summed E-state index contributed by atoms with van der Waals surface area (Å²) >= 11 is 11.9. The lowest BCUT2D eigenvalue weighted by Gasteiger charge is -2.16. The second kappa shape index (κ2) is 6.43. The molecule has 5 heteroatoms. The Kier molecular flexibility index (Phi) is 5.11. The minimum absolute atomic E-state index is 0.215. The molecule has 2 rings (SSSR count). The van der Waals surface area contributed by atoms with E-state index in [0.29, 0.717) is 10.8 Å². The fraction of sp³-hybridized carbons (Fsp3) is 0.143. The summed E-state index contributed by atoms with van der Waals surface area (Å²) in [6.07, 6.45) is 0. The van der Waals surface area contributed by atoms with Gasteiger partial charge in [0.15, 0.2) is 0 Å². The van der Waals surface area contributed by atoms with Crippen LogP contribution >= 0.6 is 50.1 Å². The van der Waals surface area contributed by atoms with Crippen molar-refractivity contribution in [3.05, 3.63) is 60.6 Å². The molecule has 2 N–H and O–H groups in total. The molecule has 19 heavy (non-hydrogen) atoms. The van der Waals surface area contributed by atoms with Gasteiger partial charge in [-0.15, -0.1) is 0 Å². The van der Waals surface area contributed by atoms with Gasteiger partial charge >= 0.3 is 0 Å². The number of ether oxygens (including phenoxy) is 1. The van der Waals surface area contributed by atoms with Crippen molar-refractivity contribution in [3.63, 3.8) is 0 Å². The molecule has 0 fully saturated rings. The van der Waals surface area contributed by atoms with E-state index in [1.165, 1.54) is 0 Å². The number of hydrogen-bond acceptors (Lipinski definition) is 2. The van der Waals surface area contributed by atoms with Gasteiger partial charge in [0.2, 0.25) is 0 Å². The molecule has 1 unspecified atom stereocenters. The van der Waals surface area contributed by atoms with E-state index in [9.17, 15) is 0 Å². The van der Waals surface area contributed by atoms with Crippen LogP contribution in [0.1, 0.15) is 17.2 Å². The van der Waals surface area contributed by atoms with Crippen molar-refractivity contribution in [1.82, 2.24) is 0 Å². The highest BCUT2D eigenvalue weighted by Crippen LogP contribution is 2.31. The van der Waals surface area contributed by atoms with E-state index in [1.807, 2.05) is 36.4 Å². The maximum absolute atomic E-state index is 6.32. The van der Waals surface area contributed by atoms with Crippen molar-refractivity contribution in [2.75, 3.05) is 7.11 Å². The first-order chi connectivity index (χ1) is 9.02. The first-order valence-electron chi connectivity index (χ1n) is 5.57. The van der Waals surface area contributed by atoms with E-state index in [-0.39, 0.29) is 6.04 Å². The maximum atomic E-state index is 6.32. The van der Waals surface area contributed by atoms with Crippen molar-refractivity contribution >= 4 is 50.1 Å². The molecule has 0 radical (unpaired) electrons. The zero-order valence-electron chi connectivity index (χ0n) is 10.2. The smallest absolute Gasteiger partial charge is 0.137 e. The molecule has 0 aromatic heterocycles. The Hall–Kier alpha value is -0.300. The van der Waals surface area contributed by atoms with Gasteiger partial charge in [-0.25, -0.2) is 0 Å². The third kappa shape index (κ3) is 3.42. The summed E-state index contributed by atoms with van der Waals surface area (Å²) in [5.41, 5.74) is 8.35. The third-order valence-electron chi connectivity index (χ3n) is 2.83. The molecule has 0 heterocycles. The molecule has 2 nitrogen and oxygen atoms in total. The fourth-order valence-corrected chi connectivity index (χ4v) is 3.12. The summed E-state index contributed by atoms with van der Waals surface area (Å²) in [6.45, 7) is 0. The quantitative estimate of drug-likeness (QED) is 0.682. The molecule has 0 amide bonds. The summed E-state index contributed by atoms with van der Waals surface area (Å²) in [6, 6.07) is 11.5. The Morgan fingerprint density at radius 2 is 2.00 bits per heavy atom. The van der Waals surface area contributed by atoms with Gasteiger partial charge < -0.3 is 10.5 Å². The molecule has 0 aliphatic carbocycles. The van der Waals surface area contributed by atoms with E-state index in [2.05, 4.69) is 38.5 Å². The normalized spacial score (nSPS) is 12.3. The van der Waals surface area contributed by atoms with Crippen LogP contribution in [0.15, 0.2) is 40.9 Å². The van der Waals surface area contributed by atoms with Crippen molar-refractivity contribution in [2.45, 2.75) is 6.04 Å². The molecule has 0 saturated heterocycles. The highest BCUT2D eigenvalue weighted by Gasteiger charge is 2.14. The van der Waals surface area contributed by atoms with Crippen LogP contribution in [0.2, 0.25) is 5.02 Å². The van der Waals surface area contributed by atoms with Crippen LogP contribution in [-0.4, -0.2) is 7.11 Å². The predicted octanol–water partition coefficient (Wildman–Crippen LogP) is 4.76. The average Bonchev–Trinajstić information content (AvgIpc) is 2.40. The Morgan fingerprint density at radius 3 is 2.63 bits per heavy atom. The maximum Gasteiger partial charge on any atom is 0.137 e. The number of nitrogens with two attached hydrogens (primary N) is 1. The summed E-state index contributed by atoms with van der Waals surface area (Å²) in [5.74, 6) is 0.654. The number of rotatable bonds is 3. The lowest BCUT2D eigenvalue weighted by molar-refractivity contribution is 0.415. The molecule has 2 aromatic carbocycles. The molecule has 0 spiro atoms. The second-order valence-corrected chi connectivity index (χ2v) is 6.52. The van der Waals surface area contributed by atoms with Crippen LogP contribution in [0.3, 0.4) is 0 Å². The van der Waals surface area contributed by atoms with E-state index < -0.39 is 0 Å². The largest absolute Gasteiger partial charge is 0.495 e. The summed E-state index contributed by atoms with van der Waals surface area (Å²) < 4.78 is 7.28. The van der Waals surface area contributed by atoms with Gasteiger partial charge in [-0.1, -0.05) is 33.6 Å². The summed E-state index contributed by atoms with van der Waals surface area (Å²) in [4.78, 5) is 0. The minimum Gasteiger partial charge on any atom is -0.495 e. The Morgan fingerprint density at radius 1 is 1.26 bits per heavy atom. The lowest BCUT2D eigenvalue weighted by atomic mass is 10.00. The zero-order chi connectivity index (χ0) is 14.0. The number of methoxy groups -OCH3 is 1. The van der Waals surface area contributed by atoms with Gasteiger partial charge in [0.25, 0.3) is 0 Å². The van der Waals surface area contributed by atoms with Gasteiger partial charge in [0.1, 0.15) is 5.75 Å². The monoisotopic (exact) mass is 451 g/mol. The van der Waals surface area contributed by atoms with Crippen molar-refractivity contribution in [1.29, 1.82) is 0 Å². The molecule has 2 aromatic rings. The van der Waals surface area contributed by atoms with E-state index >= 15 is 0 Å². The summed E-state index contributed by atoms with van der Waals surface area (Å²) in [7, 11) is 1.60. The van der Waals surface area contributed by atoms with Crippen molar-refractivity contribution in [3.8, 4) is 5.75 Å². The second-order valence-electron chi connectivity index (χ2n) is 4.04. The molecule has 100 valence electrons. The SMILES string of the molecule is COc1ccc(C(N)c2cc(Br)ccc2I)cc1Cl. The fourth-order valence-electron chi connectivity index (χ4n) is 1.81. The van der Waals surface area contributed by atoms with Crippen LogP contribution in [0.4, 0.5) is 0 Å². The average molecular weight is 453 g/mol. The third-order valence-corrected chi connectivity index (χ3v) is 4.60. The minimum atomic E-state index is -0.215. The Bertz CT molecular complexity index is 606. The number of halogens is 3. The van der Waals surface area contributed by atoms with Gasteiger partial charge in [0.05, 0.1) is 18.2 Å². The van der Waals surface area contributed by atoms with E-state index in [1.54, 1.807) is 7.11 Å². The van der Waals surface area contributed by atoms with Gasteiger partial charge in [-0.3, -0.25) is 0 Å². The first-order valence-corrected chi connectivity index (χ1v) is 7.82. The number of hydrogen-bond donors (Lipinski definition) is 1. The summed E-state index contributed by atoms with van der Waals surface area (Å²) in [5, 5.41) is 0.570. The molecule has 0 saturated carbocycles. The van der Waals surface area contributed by atoms with Crippen LogP contribution in [0.25, 0.3) is 0 Å². The van der Waals surface area contributed by atoms with Crippen molar-refractivity contribution in [2.24, 2.45) is 5.73 Å². The van der Waals surface area contributed by atoms with Crippen molar-refractivity contribution < 1.29 is 4.74 Å². The number of benzene rings is 2. The highest BCUT2D eigenvalue weighted by molar-refractivity contribution is 14.1. The highest BCUT2D eigenvalue weighted by atomic mass is 127. The van der Waals surface area contributed by atoms with Gasteiger partial charge in [0, 0.05) is 8.04 Å². The molecule has 1 atom stereocenters. The van der Waals surface area contributed by atoms with Crippen LogP contribution < -0.4 is 10.5 Å². The standard InChI is InChI=1S/C14H12BrClINO/c1-19-13-5-2-8(6-11(13)16)14(18)10-7-9(15)3-4-12(10)17/h2-7,14H,18H2,1H3. The van der Waals surface area contributed by atoms with E-state index in [4.69, 9.17) is 22.1 Å². The lowest BCUT2D eigenvalue weighted by Crippen LogP contribution is -2.13. The van der Waals surface area contributed by atoms with E-state index in [0.717, 1.165) is 19.2 Å². The van der Waals surface area contributed by atoms with Gasteiger partial charge in [-0.05, 0) is 64.0 Å². The van der Waals surface area contributed by atoms with Crippen LogP contribution in [-0.2, 0) is 0 Å². The Labute approximate surface area is 139 Å². The molecule has 0 aliphatic heterocycles. The van der Waals surface area contributed by atoms with Crippen LogP contribution in [0, 0.1) is 3.57 Å². The predicted molar refractivity (Wildman–Crippen MR) is 90.9 cm³/mol. The Balaban J connectivity index is 2.41. The van der Waals surface area contributed by atoms with Gasteiger partial charge in [-0.2, -0.15) is 0 Å². The molecule has 0 bridgehead atoms. The first kappa shape index (κ1) is 15.1.